The molecule has 2 unspecified atom stereocenters. The average molecular weight is 226 g/mol. The number of carbonyl (C=O) groups excluding carboxylic acids is 1. The van der Waals surface area contributed by atoms with Gasteiger partial charge in [-0.3, -0.25) is 4.79 Å². The predicted octanol–water partition coefficient (Wildman–Crippen LogP) is 1.93. The second-order valence-electron chi connectivity index (χ2n) is 5.45. The van der Waals surface area contributed by atoms with E-state index < -0.39 is 0 Å². The first-order valence-corrected chi connectivity index (χ1v) is 6.53. The van der Waals surface area contributed by atoms with Crippen LogP contribution < -0.4 is 10.6 Å². The van der Waals surface area contributed by atoms with E-state index in [0.717, 1.165) is 32.4 Å². The summed E-state index contributed by atoms with van der Waals surface area (Å²) in [7, 11) is 0. The van der Waals surface area contributed by atoms with Crippen LogP contribution >= 0.6 is 0 Å². The molecule has 1 amide bonds. The third kappa shape index (κ3) is 3.48. The second-order valence-corrected chi connectivity index (χ2v) is 5.45. The lowest BCUT2D eigenvalue weighted by molar-refractivity contribution is -0.127. The van der Waals surface area contributed by atoms with E-state index in [9.17, 15) is 4.79 Å². The van der Waals surface area contributed by atoms with Gasteiger partial charge in [0.1, 0.15) is 0 Å². The van der Waals surface area contributed by atoms with Gasteiger partial charge in [-0.05, 0) is 38.6 Å². The SMILES string of the molecule is CCC(C)(CC)NC(=O)C1CNCC(C)C1. The van der Waals surface area contributed by atoms with Crippen molar-refractivity contribution >= 4 is 5.91 Å². The molecule has 1 aliphatic heterocycles. The highest BCUT2D eigenvalue weighted by atomic mass is 16.2. The molecule has 0 bridgehead atoms. The van der Waals surface area contributed by atoms with Gasteiger partial charge in [-0.15, -0.1) is 0 Å². The molecular formula is C13H26N2O. The summed E-state index contributed by atoms with van der Waals surface area (Å²) in [5.74, 6) is 0.991. The summed E-state index contributed by atoms with van der Waals surface area (Å²) in [6.45, 7) is 10.5. The van der Waals surface area contributed by atoms with Gasteiger partial charge < -0.3 is 10.6 Å². The molecule has 1 saturated heterocycles. The van der Waals surface area contributed by atoms with Crippen LogP contribution in [0.2, 0.25) is 0 Å². The predicted molar refractivity (Wildman–Crippen MR) is 67.3 cm³/mol. The van der Waals surface area contributed by atoms with Gasteiger partial charge in [-0.25, -0.2) is 0 Å². The fraction of sp³-hybridized carbons (Fsp3) is 0.923. The van der Waals surface area contributed by atoms with Gasteiger partial charge in [0.05, 0.1) is 5.92 Å². The molecule has 0 spiro atoms. The van der Waals surface area contributed by atoms with Gasteiger partial charge in [0, 0.05) is 12.1 Å². The van der Waals surface area contributed by atoms with Crippen LogP contribution in [0, 0.1) is 11.8 Å². The van der Waals surface area contributed by atoms with Gasteiger partial charge in [0.15, 0.2) is 0 Å². The van der Waals surface area contributed by atoms with Crippen molar-refractivity contribution in [3.05, 3.63) is 0 Å². The molecule has 0 saturated carbocycles. The van der Waals surface area contributed by atoms with Gasteiger partial charge in [0.2, 0.25) is 5.91 Å². The Labute approximate surface area is 99.4 Å². The molecule has 3 heteroatoms. The summed E-state index contributed by atoms with van der Waals surface area (Å²) in [6, 6.07) is 0. The molecule has 2 atom stereocenters. The minimum Gasteiger partial charge on any atom is -0.351 e. The van der Waals surface area contributed by atoms with Crippen molar-refractivity contribution < 1.29 is 4.79 Å². The first-order chi connectivity index (χ1) is 7.50. The van der Waals surface area contributed by atoms with Crippen LogP contribution in [0.15, 0.2) is 0 Å². The van der Waals surface area contributed by atoms with Crippen molar-refractivity contribution in [1.82, 2.24) is 10.6 Å². The maximum absolute atomic E-state index is 12.1. The Kier molecular flexibility index (Phi) is 4.78. The smallest absolute Gasteiger partial charge is 0.224 e. The number of nitrogens with one attached hydrogen (secondary N) is 2. The number of hydrogen-bond donors (Lipinski definition) is 2. The highest BCUT2D eigenvalue weighted by Gasteiger charge is 2.29. The van der Waals surface area contributed by atoms with Crippen LogP contribution in [0.25, 0.3) is 0 Å². The highest BCUT2D eigenvalue weighted by Crippen LogP contribution is 2.19. The Morgan fingerprint density at radius 2 is 2.00 bits per heavy atom. The van der Waals surface area contributed by atoms with Crippen molar-refractivity contribution in [1.29, 1.82) is 0 Å². The largest absolute Gasteiger partial charge is 0.351 e. The maximum atomic E-state index is 12.1. The summed E-state index contributed by atoms with van der Waals surface area (Å²) < 4.78 is 0. The summed E-state index contributed by atoms with van der Waals surface area (Å²) in [4.78, 5) is 12.1. The maximum Gasteiger partial charge on any atom is 0.224 e. The van der Waals surface area contributed by atoms with E-state index in [2.05, 4.69) is 38.3 Å². The highest BCUT2D eigenvalue weighted by molar-refractivity contribution is 5.79. The van der Waals surface area contributed by atoms with E-state index in [0.29, 0.717) is 5.92 Å². The van der Waals surface area contributed by atoms with Gasteiger partial charge in [-0.1, -0.05) is 20.8 Å². The third-order valence-corrected chi connectivity index (χ3v) is 3.93. The van der Waals surface area contributed by atoms with Crippen LogP contribution in [0.4, 0.5) is 0 Å². The number of amides is 1. The lowest BCUT2D eigenvalue weighted by Gasteiger charge is -2.33. The Morgan fingerprint density at radius 1 is 1.38 bits per heavy atom. The molecule has 3 nitrogen and oxygen atoms in total. The fourth-order valence-corrected chi connectivity index (χ4v) is 2.18. The zero-order chi connectivity index (χ0) is 12.2. The van der Waals surface area contributed by atoms with E-state index in [4.69, 9.17) is 0 Å². The molecule has 94 valence electrons. The molecule has 0 aromatic carbocycles. The van der Waals surface area contributed by atoms with Gasteiger partial charge in [0.25, 0.3) is 0 Å². The molecule has 1 rings (SSSR count). The Bertz CT molecular complexity index is 236. The van der Waals surface area contributed by atoms with Crippen LogP contribution in [-0.4, -0.2) is 24.5 Å². The molecule has 2 N–H and O–H groups in total. The summed E-state index contributed by atoms with van der Waals surface area (Å²) >= 11 is 0. The van der Waals surface area contributed by atoms with Crippen LogP contribution in [0.1, 0.15) is 47.0 Å². The van der Waals surface area contributed by atoms with E-state index in [1.165, 1.54) is 0 Å². The summed E-state index contributed by atoms with van der Waals surface area (Å²) in [5.41, 5.74) is -0.0300. The third-order valence-electron chi connectivity index (χ3n) is 3.93. The number of hydrogen-bond acceptors (Lipinski definition) is 2. The summed E-state index contributed by atoms with van der Waals surface area (Å²) in [6.07, 6.45) is 3.00. The Hall–Kier alpha value is -0.570. The van der Waals surface area contributed by atoms with Gasteiger partial charge >= 0.3 is 0 Å². The Balaban J connectivity index is 2.51. The minimum absolute atomic E-state index is 0.0300. The van der Waals surface area contributed by atoms with Crippen LogP contribution in [0.5, 0.6) is 0 Å². The number of piperidine rings is 1. The first-order valence-electron chi connectivity index (χ1n) is 6.53. The quantitative estimate of drug-likeness (QED) is 0.769. The molecule has 16 heavy (non-hydrogen) atoms. The Morgan fingerprint density at radius 3 is 2.50 bits per heavy atom. The van der Waals surface area contributed by atoms with E-state index >= 15 is 0 Å². The lowest BCUT2D eigenvalue weighted by Crippen LogP contribution is -2.51. The van der Waals surface area contributed by atoms with Crippen molar-refractivity contribution in [2.75, 3.05) is 13.1 Å². The summed E-state index contributed by atoms with van der Waals surface area (Å²) in [5, 5.41) is 6.53. The molecule has 0 aliphatic carbocycles. The molecular weight excluding hydrogens is 200 g/mol. The minimum atomic E-state index is -0.0300. The van der Waals surface area contributed by atoms with Crippen LogP contribution in [0.3, 0.4) is 0 Å². The average Bonchev–Trinajstić information content (AvgIpc) is 2.29. The molecule has 0 aromatic heterocycles. The molecule has 1 heterocycles. The topological polar surface area (TPSA) is 41.1 Å². The first kappa shape index (κ1) is 13.5. The molecule has 1 aliphatic rings. The molecule has 0 radical (unpaired) electrons. The van der Waals surface area contributed by atoms with Crippen molar-refractivity contribution in [3.8, 4) is 0 Å². The zero-order valence-electron chi connectivity index (χ0n) is 11.1. The van der Waals surface area contributed by atoms with Gasteiger partial charge in [-0.2, -0.15) is 0 Å². The lowest BCUT2D eigenvalue weighted by atomic mass is 9.89. The standard InChI is InChI=1S/C13H26N2O/c1-5-13(4,6-2)15-12(16)11-7-10(3)8-14-9-11/h10-11,14H,5-9H2,1-4H3,(H,15,16). The van der Waals surface area contributed by atoms with E-state index in [-0.39, 0.29) is 17.4 Å². The zero-order valence-corrected chi connectivity index (χ0v) is 11.1. The molecule has 0 aromatic rings. The van der Waals surface area contributed by atoms with Crippen LogP contribution in [-0.2, 0) is 4.79 Å². The number of rotatable bonds is 4. The van der Waals surface area contributed by atoms with Crippen molar-refractivity contribution in [3.63, 3.8) is 0 Å². The van der Waals surface area contributed by atoms with Crippen molar-refractivity contribution in [2.45, 2.75) is 52.5 Å². The second kappa shape index (κ2) is 5.67. The van der Waals surface area contributed by atoms with E-state index in [1.807, 2.05) is 0 Å². The normalized spacial score (nSPS) is 26.5. The van der Waals surface area contributed by atoms with E-state index in [1.54, 1.807) is 0 Å². The monoisotopic (exact) mass is 226 g/mol. The molecule has 1 fully saturated rings. The number of carbonyl (C=O) groups is 1. The fourth-order valence-electron chi connectivity index (χ4n) is 2.18. The van der Waals surface area contributed by atoms with Crippen molar-refractivity contribution in [2.24, 2.45) is 11.8 Å².